The highest BCUT2D eigenvalue weighted by Crippen LogP contribution is 2.53. The van der Waals surface area contributed by atoms with Crippen molar-refractivity contribution < 1.29 is 19.5 Å². The minimum atomic E-state index is -1.67. The number of para-hydroxylation sites is 1. The van der Waals surface area contributed by atoms with E-state index in [9.17, 15) is 19.5 Å². The van der Waals surface area contributed by atoms with Crippen molar-refractivity contribution in [2.75, 3.05) is 39.1 Å². The number of Topliss-reactive ketones (excluding diaryl/α,β-unsaturated/α-hetero) is 1. The Labute approximate surface area is 181 Å². The number of carbonyl (C=O) groups is 3. The van der Waals surface area contributed by atoms with Gasteiger partial charge in [-0.3, -0.25) is 14.4 Å². The van der Waals surface area contributed by atoms with Gasteiger partial charge in [-0.25, -0.2) is 0 Å². The molecule has 7 nitrogen and oxygen atoms in total. The number of ketones is 1. The summed E-state index contributed by atoms with van der Waals surface area (Å²) in [6, 6.07) is 15.7. The molecule has 2 aromatic carbocycles. The second kappa shape index (κ2) is 7.67. The Hall–Kier alpha value is -3.45. The standard InChI is InChI=1S/C24H25N3O4/c1-25(2)14-9-15-27-22(30)21(29)19(20(28)16-10-5-4-6-11-16)24(27)17-12-7-8-13-18(17)26(3)23(24)31/h4-8,10-13,28H,9,14-15H2,1-3H3/b20-19+. The van der Waals surface area contributed by atoms with Gasteiger partial charge in [0.05, 0.1) is 5.57 Å². The van der Waals surface area contributed by atoms with Crippen LogP contribution >= 0.6 is 0 Å². The molecule has 2 aromatic rings. The first-order valence-electron chi connectivity index (χ1n) is 10.2. The number of anilines is 1. The van der Waals surface area contributed by atoms with E-state index < -0.39 is 23.1 Å². The lowest BCUT2D eigenvalue weighted by molar-refractivity contribution is -0.143. The number of carbonyl (C=O) groups excluding carboxylic acids is 3. The van der Waals surface area contributed by atoms with E-state index in [0.29, 0.717) is 29.8 Å². The van der Waals surface area contributed by atoms with Gasteiger partial charge in [0.2, 0.25) is 0 Å². The maximum Gasteiger partial charge on any atom is 0.296 e. The lowest BCUT2D eigenvalue weighted by atomic mass is 9.82. The fourth-order valence-corrected chi connectivity index (χ4v) is 4.56. The van der Waals surface area contributed by atoms with Crippen LogP contribution in [0, 0.1) is 0 Å². The van der Waals surface area contributed by atoms with Crippen LogP contribution in [0.15, 0.2) is 60.2 Å². The zero-order valence-electron chi connectivity index (χ0n) is 17.8. The van der Waals surface area contributed by atoms with Gasteiger partial charge in [0.1, 0.15) is 5.76 Å². The molecule has 160 valence electrons. The first-order valence-corrected chi connectivity index (χ1v) is 10.2. The molecule has 1 N–H and O–H groups in total. The van der Waals surface area contributed by atoms with Crippen molar-refractivity contribution in [3.63, 3.8) is 0 Å². The lowest BCUT2D eigenvalue weighted by Crippen LogP contribution is -2.51. The molecule has 2 amide bonds. The molecular formula is C24H25N3O4. The van der Waals surface area contributed by atoms with Gasteiger partial charge in [-0.2, -0.15) is 0 Å². The molecule has 31 heavy (non-hydrogen) atoms. The minimum absolute atomic E-state index is 0.171. The predicted molar refractivity (Wildman–Crippen MR) is 117 cm³/mol. The van der Waals surface area contributed by atoms with E-state index in [1.54, 1.807) is 61.6 Å². The summed E-state index contributed by atoms with van der Waals surface area (Å²) in [5.41, 5.74) is -0.315. The Morgan fingerprint density at radius 1 is 1.00 bits per heavy atom. The smallest absolute Gasteiger partial charge is 0.296 e. The van der Waals surface area contributed by atoms with Gasteiger partial charge in [-0.15, -0.1) is 0 Å². The van der Waals surface area contributed by atoms with Crippen LogP contribution in [0.1, 0.15) is 17.5 Å². The maximum absolute atomic E-state index is 13.8. The Morgan fingerprint density at radius 2 is 1.65 bits per heavy atom. The molecule has 1 spiro atoms. The minimum Gasteiger partial charge on any atom is -0.507 e. The van der Waals surface area contributed by atoms with Gasteiger partial charge < -0.3 is 19.8 Å². The quantitative estimate of drug-likeness (QED) is 0.457. The SMILES string of the molecule is CN(C)CCCN1C(=O)C(=O)/C(=C(\O)c2ccccc2)C12C(=O)N(C)c1ccccc12. The van der Waals surface area contributed by atoms with E-state index in [4.69, 9.17) is 0 Å². The summed E-state index contributed by atoms with van der Waals surface area (Å²) in [6.45, 7) is 0.895. The fraction of sp³-hybridized carbons (Fsp3) is 0.292. The monoisotopic (exact) mass is 419 g/mol. The zero-order chi connectivity index (χ0) is 22.3. The number of rotatable bonds is 5. The third-order valence-electron chi connectivity index (χ3n) is 5.97. The summed E-state index contributed by atoms with van der Waals surface area (Å²) in [4.78, 5) is 45.0. The fourth-order valence-electron chi connectivity index (χ4n) is 4.56. The highest BCUT2D eigenvalue weighted by molar-refractivity contribution is 6.50. The second-order valence-electron chi connectivity index (χ2n) is 8.12. The van der Waals surface area contributed by atoms with E-state index in [1.807, 2.05) is 19.0 Å². The highest BCUT2D eigenvalue weighted by Gasteiger charge is 2.66. The Balaban J connectivity index is 1.99. The molecule has 7 heteroatoms. The molecule has 1 unspecified atom stereocenters. The summed E-state index contributed by atoms with van der Waals surface area (Å²) in [5, 5.41) is 11.2. The highest BCUT2D eigenvalue weighted by atomic mass is 16.3. The molecule has 0 saturated carbocycles. The molecule has 4 rings (SSSR count). The van der Waals surface area contributed by atoms with Crippen molar-refractivity contribution in [1.82, 2.24) is 9.80 Å². The third-order valence-corrected chi connectivity index (χ3v) is 5.97. The van der Waals surface area contributed by atoms with Crippen molar-refractivity contribution in [3.8, 4) is 0 Å². The number of aliphatic hydroxyl groups is 1. The molecule has 0 aromatic heterocycles. The molecule has 1 fully saturated rings. The number of aliphatic hydroxyl groups excluding tert-OH is 1. The van der Waals surface area contributed by atoms with Crippen molar-refractivity contribution in [2.45, 2.75) is 12.0 Å². The van der Waals surface area contributed by atoms with Crippen LogP contribution in [0.4, 0.5) is 5.69 Å². The number of nitrogens with zero attached hydrogens (tertiary/aromatic N) is 3. The summed E-state index contributed by atoms with van der Waals surface area (Å²) in [6.07, 6.45) is 0.576. The number of hydrogen-bond acceptors (Lipinski definition) is 5. The predicted octanol–water partition coefficient (Wildman–Crippen LogP) is 2.19. The van der Waals surface area contributed by atoms with Crippen LogP contribution in [0.2, 0.25) is 0 Å². The van der Waals surface area contributed by atoms with Crippen molar-refractivity contribution in [1.29, 1.82) is 0 Å². The summed E-state index contributed by atoms with van der Waals surface area (Å²) in [5.74, 6) is -2.37. The summed E-state index contributed by atoms with van der Waals surface area (Å²) < 4.78 is 0. The van der Waals surface area contributed by atoms with E-state index >= 15 is 0 Å². The van der Waals surface area contributed by atoms with Crippen molar-refractivity contribution in [3.05, 3.63) is 71.3 Å². The first kappa shape index (κ1) is 20.8. The average Bonchev–Trinajstić information content (AvgIpc) is 3.13. The molecule has 1 saturated heterocycles. The van der Waals surface area contributed by atoms with Crippen LogP contribution in [0.5, 0.6) is 0 Å². The van der Waals surface area contributed by atoms with Crippen LogP contribution in [-0.4, -0.2) is 66.7 Å². The Bertz CT molecular complexity index is 1090. The van der Waals surface area contributed by atoms with Crippen molar-refractivity contribution in [2.24, 2.45) is 0 Å². The molecule has 1 atom stereocenters. The zero-order valence-corrected chi connectivity index (χ0v) is 17.8. The molecule has 2 aliphatic heterocycles. The van der Waals surface area contributed by atoms with Gasteiger partial charge >= 0.3 is 0 Å². The topological polar surface area (TPSA) is 81.2 Å². The normalized spacial score (nSPS) is 22.1. The van der Waals surface area contributed by atoms with E-state index in [0.717, 1.165) is 0 Å². The van der Waals surface area contributed by atoms with Gasteiger partial charge in [0.15, 0.2) is 5.54 Å². The number of amides is 2. The van der Waals surface area contributed by atoms with E-state index in [1.165, 1.54) is 9.80 Å². The number of benzene rings is 2. The summed E-state index contributed by atoms with van der Waals surface area (Å²) in [7, 11) is 5.46. The van der Waals surface area contributed by atoms with Crippen LogP contribution < -0.4 is 4.90 Å². The van der Waals surface area contributed by atoms with Gasteiger partial charge in [-0.1, -0.05) is 48.5 Å². The van der Waals surface area contributed by atoms with E-state index in [2.05, 4.69) is 0 Å². The Morgan fingerprint density at radius 3 is 2.32 bits per heavy atom. The van der Waals surface area contributed by atoms with Gasteiger partial charge in [-0.05, 0) is 33.1 Å². The molecule has 0 bridgehead atoms. The number of likely N-dealkylation sites (tertiary alicyclic amines) is 1. The molecule has 0 radical (unpaired) electrons. The van der Waals surface area contributed by atoms with Gasteiger partial charge in [0.25, 0.3) is 17.6 Å². The Kier molecular flexibility index (Phi) is 5.15. The average molecular weight is 419 g/mol. The van der Waals surface area contributed by atoms with Crippen molar-refractivity contribution >= 4 is 29.0 Å². The summed E-state index contributed by atoms with van der Waals surface area (Å²) >= 11 is 0. The maximum atomic E-state index is 13.8. The number of likely N-dealkylation sites (N-methyl/N-ethyl adjacent to an activating group) is 1. The second-order valence-corrected chi connectivity index (χ2v) is 8.12. The lowest BCUT2D eigenvalue weighted by Gasteiger charge is -2.34. The molecule has 2 heterocycles. The van der Waals surface area contributed by atoms with Crippen LogP contribution in [-0.2, 0) is 19.9 Å². The van der Waals surface area contributed by atoms with Crippen LogP contribution in [0.3, 0.4) is 0 Å². The number of fused-ring (bicyclic) bond motifs is 2. The van der Waals surface area contributed by atoms with Crippen LogP contribution in [0.25, 0.3) is 5.76 Å². The largest absolute Gasteiger partial charge is 0.507 e. The first-order chi connectivity index (χ1) is 14.8. The molecule has 2 aliphatic rings. The number of hydrogen-bond donors (Lipinski definition) is 1. The molecule has 0 aliphatic carbocycles. The molecular weight excluding hydrogens is 394 g/mol. The van der Waals surface area contributed by atoms with E-state index in [-0.39, 0.29) is 17.9 Å². The third kappa shape index (κ3) is 2.96. The van der Waals surface area contributed by atoms with Gasteiger partial charge in [0, 0.05) is 30.4 Å².